The van der Waals surface area contributed by atoms with Crippen molar-refractivity contribution in [3.8, 4) is 11.5 Å². The lowest BCUT2D eigenvalue weighted by molar-refractivity contribution is -0.123. The third-order valence-electron chi connectivity index (χ3n) is 5.75. The fourth-order valence-corrected chi connectivity index (χ4v) is 7.67. The summed E-state index contributed by atoms with van der Waals surface area (Å²) in [4.78, 5) is 12.5. The summed E-state index contributed by atoms with van der Waals surface area (Å²) >= 11 is 9.47. The summed E-state index contributed by atoms with van der Waals surface area (Å²) in [5.74, 6) is -0.170. The molecular formula is C23H32BrClN2O6SSi. The van der Waals surface area contributed by atoms with Gasteiger partial charge in [-0.2, -0.15) is 0 Å². The minimum Gasteiger partial charge on any atom is -0.506 e. The predicted molar refractivity (Wildman–Crippen MR) is 145 cm³/mol. The van der Waals surface area contributed by atoms with Crippen molar-refractivity contribution in [2.24, 2.45) is 0 Å². The van der Waals surface area contributed by atoms with Crippen LogP contribution in [0.5, 0.6) is 11.5 Å². The van der Waals surface area contributed by atoms with E-state index in [0.29, 0.717) is 16.3 Å². The summed E-state index contributed by atoms with van der Waals surface area (Å²) in [7, 11) is -5.70. The molecule has 194 valence electrons. The zero-order valence-electron chi connectivity index (χ0n) is 20.2. The average molecular weight is 608 g/mol. The third-order valence-corrected chi connectivity index (χ3v) is 11.8. The van der Waals surface area contributed by atoms with Crippen LogP contribution in [0.2, 0.25) is 23.2 Å². The molecule has 0 radical (unpaired) electrons. The summed E-state index contributed by atoms with van der Waals surface area (Å²) in [6.45, 7) is 6.20. The number of phenolic OH excluding ortho intramolecular Hbond substituents is 1. The lowest BCUT2D eigenvalue weighted by Crippen LogP contribution is -2.41. The standard InChI is InChI=1S/C23H32BrClN2O6SSi/c1-5-35(6-2,7-3)33-22(16-8-10-20(28)19(12-16)27-34(4,30)31)14-26-23(29)15-32-21-11-9-17(24)13-18(21)25/h8-13,22,27-28H,5-7,14-15H2,1-4H3,(H,26,29)/t22-/m0/s1. The van der Waals surface area contributed by atoms with Crippen molar-refractivity contribution >= 4 is 57.5 Å². The van der Waals surface area contributed by atoms with E-state index in [0.717, 1.165) is 28.9 Å². The zero-order valence-corrected chi connectivity index (χ0v) is 24.4. The van der Waals surface area contributed by atoms with Crippen molar-refractivity contribution in [2.75, 3.05) is 24.1 Å². The van der Waals surface area contributed by atoms with Gasteiger partial charge < -0.3 is 19.6 Å². The van der Waals surface area contributed by atoms with Gasteiger partial charge in [-0.1, -0.05) is 54.4 Å². The minimum atomic E-state index is -3.60. The smallest absolute Gasteiger partial charge is 0.258 e. The molecule has 1 amide bonds. The number of phenols is 1. The Bertz CT molecular complexity index is 1120. The molecule has 0 aliphatic carbocycles. The van der Waals surface area contributed by atoms with Crippen LogP contribution < -0.4 is 14.8 Å². The Morgan fingerprint density at radius 2 is 1.80 bits per heavy atom. The van der Waals surface area contributed by atoms with E-state index in [-0.39, 0.29) is 30.5 Å². The van der Waals surface area contributed by atoms with Crippen molar-refractivity contribution in [1.82, 2.24) is 5.32 Å². The summed E-state index contributed by atoms with van der Waals surface area (Å²) < 4.78 is 38.7. The van der Waals surface area contributed by atoms with Gasteiger partial charge in [0.25, 0.3) is 5.91 Å². The second kappa shape index (κ2) is 13.0. The van der Waals surface area contributed by atoms with Crippen molar-refractivity contribution in [1.29, 1.82) is 0 Å². The monoisotopic (exact) mass is 606 g/mol. The van der Waals surface area contributed by atoms with Gasteiger partial charge in [0, 0.05) is 11.0 Å². The van der Waals surface area contributed by atoms with Crippen LogP contribution in [0.3, 0.4) is 0 Å². The Hall–Kier alpha value is -1.79. The number of sulfonamides is 1. The number of ether oxygens (including phenoxy) is 1. The topological polar surface area (TPSA) is 114 Å². The van der Waals surface area contributed by atoms with Crippen molar-refractivity contribution in [2.45, 2.75) is 45.0 Å². The van der Waals surface area contributed by atoms with E-state index in [4.69, 9.17) is 20.8 Å². The number of aromatic hydroxyl groups is 1. The van der Waals surface area contributed by atoms with Crippen LogP contribution in [0.1, 0.15) is 32.4 Å². The van der Waals surface area contributed by atoms with Gasteiger partial charge in [0.05, 0.1) is 23.1 Å². The van der Waals surface area contributed by atoms with Crippen LogP contribution in [-0.4, -0.2) is 47.2 Å². The second-order valence-electron chi connectivity index (χ2n) is 8.17. The van der Waals surface area contributed by atoms with Crippen LogP contribution in [0.4, 0.5) is 5.69 Å². The normalized spacial score (nSPS) is 12.7. The molecule has 0 fully saturated rings. The number of anilines is 1. The number of nitrogens with one attached hydrogen (secondary N) is 2. The molecule has 8 nitrogen and oxygen atoms in total. The predicted octanol–water partition coefficient (Wildman–Crippen LogP) is 5.44. The molecule has 0 aromatic heterocycles. The molecule has 2 aromatic rings. The Kier molecular flexibility index (Phi) is 10.9. The van der Waals surface area contributed by atoms with Crippen LogP contribution >= 0.6 is 27.5 Å². The van der Waals surface area contributed by atoms with Crippen LogP contribution in [0, 0.1) is 0 Å². The molecule has 0 aliphatic heterocycles. The highest BCUT2D eigenvalue weighted by molar-refractivity contribution is 9.10. The van der Waals surface area contributed by atoms with Gasteiger partial charge in [-0.05, 0) is 54.0 Å². The van der Waals surface area contributed by atoms with Gasteiger partial charge in [-0.3, -0.25) is 9.52 Å². The fraction of sp³-hybridized carbons (Fsp3) is 0.435. The summed E-state index contributed by atoms with van der Waals surface area (Å²) in [5, 5.41) is 13.3. The zero-order chi connectivity index (χ0) is 26.2. The van der Waals surface area contributed by atoms with E-state index in [1.54, 1.807) is 24.3 Å². The van der Waals surface area contributed by atoms with Crippen LogP contribution in [0.25, 0.3) is 0 Å². The molecule has 0 saturated carbocycles. The summed E-state index contributed by atoms with van der Waals surface area (Å²) in [5.41, 5.74) is 0.688. The molecule has 0 aliphatic rings. The van der Waals surface area contributed by atoms with Gasteiger partial charge in [0.1, 0.15) is 11.5 Å². The quantitative estimate of drug-likeness (QED) is 0.206. The molecule has 3 N–H and O–H groups in total. The van der Waals surface area contributed by atoms with Gasteiger partial charge >= 0.3 is 0 Å². The first kappa shape index (κ1) is 29.4. The van der Waals surface area contributed by atoms with Gasteiger partial charge in [-0.15, -0.1) is 0 Å². The lowest BCUT2D eigenvalue weighted by atomic mass is 10.1. The number of benzene rings is 2. The van der Waals surface area contributed by atoms with Crippen LogP contribution in [-0.2, 0) is 19.2 Å². The van der Waals surface area contributed by atoms with Crippen molar-refractivity contribution in [3.63, 3.8) is 0 Å². The number of amides is 1. The number of carbonyl (C=O) groups is 1. The Balaban J connectivity index is 2.21. The highest BCUT2D eigenvalue weighted by atomic mass is 79.9. The van der Waals surface area contributed by atoms with E-state index in [9.17, 15) is 18.3 Å². The Morgan fingerprint density at radius 1 is 1.14 bits per heavy atom. The highest BCUT2D eigenvalue weighted by Gasteiger charge is 2.33. The largest absolute Gasteiger partial charge is 0.506 e. The fourth-order valence-electron chi connectivity index (χ4n) is 3.56. The van der Waals surface area contributed by atoms with E-state index in [1.165, 1.54) is 12.1 Å². The first-order chi connectivity index (χ1) is 16.4. The molecule has 0 bridgehead atoms. The van der Waals surface area contributed by atoms with E-state index in [2.05, 4.69) is 46.7 Å². The molecule has 0 spiro atoms. The summed E-state index contributed by atoms with van der Waals surface area (Å²) in [6.07, 6.45) is 0.469. The molecule has 0 saturated heterocycles. The van der Waals surface area contributed by atoms with Gasteiger partial charge in [0.15, 0.2) is 14.9 Å². The number of hydrogen-bond donors (Lipinski definition) is 3. The second-order valence-corrected chi connectivity index (χ2v) is 16.0. The Labute approximate surface area is 221 Å². The van der Waals surface area contributed by atoms with E-state index in [1.807, 2.05) is 0 Å². The summed E-state index contributed by atoms with van der Waals surface area (Å²) in [6, 6.07) is 12.4. The average Bonchev–Trinajstić information content (AvgIpc) is 2.80. The number of halogens is 2. The molecule has 2 aromatic carbocycles. The minimum absolute atomic E-state index is 0.0508. The molecule has 35 heavy (non-hydrogen) atoms. The first-order valence-electron chi connectivity index (χ1n) is 11.2. The SMILES string of the molecule is CC[Si](CC)(CC)O[C@@H](CNC(=O)COc1ccc(Br)cc1Cl)c1ccc(O)c(NS(C)(=O)=O)c1. The van der Waals surface area contributed by atoms with E-state index < -0.39 is 24.4 Å². The Morgan fingerprint density at radius 3 is 2.37 bits per heavy atom. The molecule has 1 atom stereocenters. The molecule has 2 rings (SSSR count). The molecule has 12 heteroatoms. The maximum Gasteiger partial charge on any atom is 0.258 e. The molecule has 0 unspecified atom stereocenters. The van der Waals surface area contributed by atoms with Gasteiger partial charge in [-0.25, -0.2) is 8.42 Å². The van der Waals surface area contributed by atoms with Crippen molar-refractivity contribution in [3.05, 3.63) is 51.5 Å². The van der Waals surface area contributed by atoms with Gasteiger partial charge in [0.2, 0.25) is 10.0 Å². The maximum atomic E-state index is 12.5. The van der Waals surface area contributed by atoms with E-state index >= 15 is 0 Å². The first-order valence-corrected chi connectivity index (χ1v) is 16.8. The third kappa shape index (κ3) is 8.98. The molecule has 0 heterocycles. The molecular weight excluding hydrogens is 576 g/mol. The van der Waals surface area contributed by atoms with Crippen molar-refractivity contribution < 1.29 is 27.5 Å². The number of carbonyl (C=O) groups excluding carboxylic acids is 1. The van der Waals surface area contributed by atoms with Crippen LogP contribution in [0.15, 0.2) is 40.9 Å². The maximum absolute atomic E-state index is 12.5. The highest BCUT2D eigenvalue weighted by Crippen LogP contribution is 2.33. The number of hydrogen-bond acceptors (Lipinski definition) is 6. The lowest BCUT2D eigenvalue weighted by Gasteiger charge is -2.34. The number of rotatable bonds is 13.